The summed E-state index contributed by atoms with van der Waals surface area (Å²) in [6, 6.07) is 2.11. The summed E-state index contributed by atoms with van der Waals surface area (Å²) in [7, 11) is 1.97. The molecule has 3 heteroatoms. The highest BCUT2D eigenvalue weighted by Gasteiger charge is 2.18. The minimum absolute atomic E-state index is 0.193. The van der Waals surface area contributed by atoms with E-state index in [1.54, 1.807) is 0 Å². The monoisotopic (exact) mass is 223 g/mol. The Morgan fingerprint density at radius 2 is 2.00 bits per heavy atom. The average molecular weight is 223 g/mol. The van der Waals surface area contributed by atoms with Crippen LogP contribution in [0.15, 0.2) is 12.3 Å². The third kappa shape index (κ3) is 3.97. The number of aryl methyl sites for hydroxylation is 1. The summed E-state index contributed by atoms with van der Waals surface area (Å²) in [5.74, 6) is 1.09. The van der Waals surface area contributed by atoms with E-state index < -0.39 is 0 Å². The van der Waals surface area contributed by atoms with Crippen molar-refractivity contribution in [3.05, 3.63) is 18.0 Å². The van der Waals surface area contributed by atoms with E-state index in [4.69, 9.17) is 0 Å². The van der Waals surface area contributed by atoms with Crippen LogP contribution in [0.2, 0.25) is 0 Å². The molecule has 1 rings (SSSR count). The van der Waals surface area contributed by atoms with Crippen LogP contribution >= 0.6 is 0 Å². The number of aromatic nitrogens is 2. The van der Waals surface area contributed by atoms with E-state index in [1.807, 2.05) is 17.9 Å². The molecule has 0 fully saturated rings. The van der Waals surface area contributed by atoms with Crippen LogP contribution in [0, 0.1) is 5.92 Å². The van der Waals surface area contributed by atoms with Gasteiger partial charge in [0.1, 0.15) is 0 Å². The molecule has 0 aromatic carbocycles. The topological polar surface area (TPSA) is 29.9 Å². The third-order valence-electron chi connectivity index (χ3n) is 3.01. The summed E-state index contributed by atoms with van der Waals surface area (Å²) in [6.45, 7) is 12.2. The minimum atomic E-state index is 0.193. The Morgan fingerprint density at radius 3 is 2.44 bits per heavy atom. The Balaban J connectivity index is 2.51. The first-order chi connectivity index (χ1) is 7.29. The van der Waals surface area contributed by atoms with Crippen LogP contribution in [-0.4, -0.2) is 21.9 Å². The van der Waals surface area contributed by atoms with Crippen molar-refractivity contribution in [2.45, 2.75) is 46.1 Å². The van der Waals surface area contributed by atoms with Crippen molar-refractivity contribution in [2.24, 2.45) is 13.0 Å². The number of rotatable bonds is 4. The highest BCUT2D eigenvalue weighted by molar-refractivity contribution is 5.06. The molecule has 3 nitrogen and oxygen atoms in total. The second-order valence-electron chi connectivity index (χ2n) is 5.81. The van der Waals surface area contributed by atoms with Gasteiger partial charge in [-0.1, -0.05) is 13.8 Å². The van der Waals surface area contributed by atoms with Crippen LogP contribution in [0.4, 0.5) is 0 Å². The molecule has 2 unspecified atom stereocenters. The third-order valence-corrected chi connectivity index (χ3v) is 3.01. The van der Waals surface area contributed by atoms with Gasteiger partial charge in [0.15, 0.2) is 0 Å². The lowest BCUT2D eigenvalue weighted by Crippen LogP contribution is -2.39. The smallest absolute Gasteiger partial charge is 0.0655 e. The molecule has 92 valence electrons. The van der Waals surface area contributed by atoms with Crippen LogP contribution in [0.3, 0.4) is 0 Å². The second-order valence-corrected chi connectivity index (χ2v) is 5.81. The lowest BCUT2D eigenvalue weighted by Gasteiger charge is -2.26. The zero-order chi connectivity index (χ0) is 12.3. The molecule has 0 saturated heterocycles. The molecule has 0 bridgehead atoms. The van der Waals surface area contributed by atoms with Gasteiger partial charge in [0, 0.05) is 24.7 Å². The van der Waals surface area contributed by atoms with Crippen molar-refractivity contribution in [3.8, 4) is 0 Å². The summed E-state index contributed by atoms with van der Waals surface area (Å²) in [4.78, 5) is 0. The van der Waals surface area contributed by atoms with E-state index in [0.717, 1.165) is 6.54 Å². The van der Waals surface area contributed by atoms with E-state index in [9.17, 15) is 0 Å². The van der Waals surface area contributed by atoms with Gasteiger partial charge in [0.2, 0.25) is 0 Å². The number of hydrogen-bond acceptors (Lipinski definition) is 2. The highest BCUT2D eigenvalue weighted by atomic mass is 15.2. The van der Waals surface area contributed by atoms with Crippen LogP contribution in [0.5, 0.6) is 0 Å². The molecular formula is C13H25N3. The summed E-state index contributed by atoms with van der Waals surface area (Å²) >= 11 is 0. The molecule has 0 radical (unpaired) electrons. The predicted molar refractivity (Wildman–Crippen MR) is 68.5 cm³/mol. The van der Waals surface area contributed by atoms with Crippen LogP contribution in [-0.2, 0) is 7.05 Å². The maximum Gasteiger partial charge on any atom is 0.0655 e. The van der Waals surface area contributed by atoms with Crippen LogP contribution in [0.1, 0.15) is 46.2 Å². The first-order valence-electron chi connectivity index (χ1n) is 6.04. The predicted octanol–water partition coefficient (Wildman–Crippen LogP) is 2.55. The molecule has 0 aliphatic rings. The Hall–Kier alpha value is -0.830. The van der Waals surface area contributed by atoms with Gasteiger partial charge in [-0.3, -0.25) is 4.68 Å². The number of nitrogens with one attached hydrogen (secondary N) is 1. The fourth-order valence-electron chi connectivity index (χ4n) is 1.61. The van der Waals surface area contributed by atoms with Crippen molar-refractivity contribution in [3.63, 3.8) is 0 Å². The maximum absolute atomic E-state index is 4.46. The molecular weight excluding hydrogens is 198 g/mol. The van der Waals surface area contributed by atoms with Crippen molar-refractivity contribution < 1.29 is 0 Å². The minimum Gasteiger partial charge on any atom is -0.312 e. The SMILES string of the molecule is CC(CNC(C)(C)C)C(C)c1ccn(C)n1. The first-order valence-corrected chi connectivity index (χ1v) is 6.04. The summed E-state index contributed by atoms with van der Waals surface area (Å²) in [5.41, 5.74) is 1.38. The molecule has 2 atom stereocenters. The van der Waals surface area contributed by atoms with Gasteiger partial charge in [0.25, 0.3) is 0 Å². The highest BCUT2D eigenvalue weighted by Crippen LogP contribution is 2.22. The quantitative estimate of drug-likeness (QED) is 0.850. The van der Waals surface area contributed by atoms with Gasteiger partial charge in [-0.25, -0.2) is 0 Å². The molecule has 1 N–H and O–H groups in total. The van der Waals surface area contributed by atoms with Crippen molar-refractivity contribution in [2.75, 3.05) is 6.54 Å². The Labute approximate surface area is 99.2 Å². The molecule has 0 spiro atoms. The summed E-state index contributed by atoms with van der Waals surface area (Å²) in [5, 5.41) is 8.01. The second kappa shape index (κ2) is 5.00. The van der Waals surface area contributed by atoms with E-state index in [2.05, 4.69) is 51.1 Å². The lowest BCUT2D eigenvalue weighted by atomic mass is 9.92. The Bertz CT molecular complexity index is 322. The summed E-state index contributed by atoms with van der Waals surface area (Å²) < 4.78 is 1.87. The molecule has 0 aliphatic heterocycles. The van der Waals surface area contributed by atoms with E-state index in [0.29, 0.717) is 11.8 Å². The van der Waals surface area contributed by atoms with Gasteiger partial charge in [0.05, 0.1) is 5.69 Å². The molecule has 1 aromatic heterocycles. The van der Waals surface area contributed by atoms with Gasteiger partial charge >= 0.3 is 0 Å². The largest absolute Gasteiger partial charge is 0.312 e. The lowest BCUT2D eigenvalue weighted by molar-refractivity contribution is 0.356. The van der Waals surface area contributed by atoms with Gasteiger partial charge in [-0.15, -0.1) is 0 Å². The molecule has 0 amide bonds. The van der Waals surface area contributed by atoms with E-state index >= 15 is 0 Å². The summed E-state index contributed by atoms with van der Waals surface area (Å²) in [6.07, 6.45) is 2.01. The average Bonchev–Trinajstić information content (AvgIpc) is 2.59. The fraction of sp³-hybridized carbons (Fsp3) is 0.769. The number of nitrogens with zero attached hydrogens (tertiary/aromatic N) is 2. The molecule has 1 heterocycles. The normalized spacial score (nSPS) is 16.1. The molecule has 0 aliphatic carbocycles. The van der Waals surface area contributed by atoms with Crippen molar-refractivity contribution in [1.29, 1.82) is 0 Å². The van der Waals surface area contributed by atoms with Gasteiger partial charge in [-0.05, 0) is 39.3 Å². The van der Waals surface area contributed by atoms with Crippen molar-refractivity contribution >= 4 is 0 Å². The van der Waals surface area contributed by atoms with Crippen LogP contribution < -0.4 is 5.32 Å². The standard InChI is InChI=1S/C13H25N3/c1-10(9-14-13(3,4)5)11(2)12-7-8-16(6)15-12/h7-8,10-11,14H,9H2,1-6H3. The fourth-order valence-corrected chi connectivity index (χ4v) is 1.61. The Kier molecular flexibility index (Phi) is 4.14. The maximum atomic E-state index is 4.46. The van der Waals surface area contributed by atoms with Gasteiger partial charge < -0.3 is 5.32 Å². The molecule has 1 aromatic rings. The zero-order valence-corrected chi connectivity index (χ0v) is 11.4. The zero-order valence-electron chi connectivity index (χ0n) is 11.4. The van der Waals surface area contributed by atoms with Crippen molar-refractivity contribution in [1.82, 2.24) is 15.1 Å². The van der Waals surface area contributed by atoms with E-state index in [-0.39, 0.29) is 5.54 Å². The Morgan fingerprint density at radius 1 is 1.38 bits per heavy atom. The first kappa shape index (κ1) is 13.2. The molecule has 16 heavy (non-hydrogen) atoms. The number of hydrogen-bond donors (Lipinski definition) is 1. The van der Waals surface area contributed by atoms with Gasteiger partial charge in [-0.2, -0.15) is 5.10 Å². The van der Waals surface area contributed by atoms with E-state index in [1.165, 1.54) is 5.69 Å². The van der Waals surface area contributed by atoms with Crippen LogP contribution in [0.25, 0.3) is 0 Å². The molecule has 0 saturated carbocycles.